The maximum absolute atomic E-state index is 10.8. The second kappa shape index (κ2) is 7.88. The Morgan fingerprint density at radius 1 is 1.19 bits per heavy atom. The highest BCUT2D eigenvalue weighted by atomic mass is 16.5. The smallest absolute Gasteiger partial charge is 0.317 e. The fraction of sp³-hybridized carbons (Fsp3) is 0.562. The topological polar surface area (TPSA) is 59.0 Å². The number of hydrogen-bond donors (Lipinski definition) is 1. The molecule has 1 aromatic rings. The summed E-state index contributed by atoms with van der Waals surface area (Å²) < 4.78 is 11.2. The molecule has 1 N–H and O–H groups in total. The predicted octanol–water partition coefficient (Wildman–Crippen LogP) is 2.40. The van der Waals surface area contributed by atoms with Crippen molar-refractivity contribution in [3.8, 4) is 11.5 Å². The van der Waals surface area contributed by atoms with Crippen LogP contribution in [0.2, 0.25) is 0 Å². The van der Waals surface area contributed by atoms with E-state index in [-0.39, 0.29) is 6.54 Å². The molecule has 0 heterocycles. The van der Waals surface area contributed by atoms with Gasteiger partial charge in [-0.2, -0.15) is 0 Å². The van der Waals surface area contributed by atoms with Crippen LogP contribution in [0, 0.1) is 0 Å². The molecule has 116 valence electrons. The molecule has 0 aromatic heterocycles. The summed E-state index contributed by atoms with van der Waals surface area (Å²) in [6, 6.07) is 7.96. The first-order chi connectivity index (χ1) is 10.2. The normalized spacial score (nSPS) is 14.2. The number of benzene rings is 1. The molecule has 0 atom stereocenters. The van der Waals surface area contributed by atoms with Crippen molar-refractivity contribution in [1.82, 2.24) is 4.90 Å². The number of hydrogen-bond acceptors (Lipinski definition) is 4. The summed E-state index contributed by atoms with van der Waals surface area (Å²) in [7, 11) is 0. The summed E-state index contributed by atoms with van der Waals surface area (Å²) in [4.78, 5) is 12.8. The van der Waals surface area contributed by atoms with E-state index in [9.17, 15) is 4.79 Å². The van der Waals surface area contributed by atoms with E-state index in [2.05, 4.69) is 6.92 Å². The summed E-state index contributed by atoms with van der Waals surface area (Å²) in [5, 5.41) is 8.88. The molecule has 0 unspecified atom stereocenters. The van der Waals surface area contributed by atoms with Crippen LogP contribution >= 0.6 is 0 Å². The first kappa shape index (κ1) is 15.6. The van der Waals surface area contributed by atoms with Crippen LogP contribution in [0.1, 0.15) is 26.2 Å². The molecule has 0 saturated heterocycles. The van der Waals surface area contributed by atoms with Gasteiger partial charge < -0.3 is 14.6 Å². The number of nitrogens with zero attached hydrogens (tertiary/aromatic N) is 1. The lowest BCUT2D eigenvalue weighted by molar-refractivity contribution is -0.138. The third kappa shape index (κ3) is 5.63. The molecule has 1 aliphatic rings. The molecule has 1 fully saturated rings. The number of carboxylic acids is 1. The van der Waals surface area contributed by atoms with Gasteiger partial charge in [0.25, 0.3) is 0 Å². The van der Waals surface area contributed by atoms with Crippen molar-refractivity contribution in [3.63, 3.8) is 0 Å². The Bertz CT molecular complexity index is 442. The summed E-state index contributed by atoms with van der Waals surface area (Å²) in [6.45, 7) is 4.02. The number of ether oxygens (including phenoxy) is 2. The van der Waals surface area contributed by atoms with Crippen LogP contribution in [0.15, 0.2) is 24.3 Å². The van der Waals surface area contributed by atoms with Crippen LogP contribution < -0.4 is 9.47 Å². The van der Waals surface area contributed by atoms with Gasteiger partial charge >= 0.3 is 5.97 Å². The minimum atomic E-state index is -0.778. The van der Waals surface area contributed by atoms with Gasteiger partial charge in [0.1, 0.15) is 18.1 Å². The fourth-order valence-corrected chi connectivity index (χ4v) is 2.14. The first-order valence-corrected chi connectivity index (χ1v) is 7.50. The lowest BCUT2D eigenvalue weighted by atomic mass is 10.3. The quantitative estimate of drug-likeness (QED) is 0.718. The van der Waals surface area contributed by atoms with E-state index in [1.807, 2.05) is 29.2 Å². The third-order valence-electron chi connectivity index (χ3n) is 3.35. The second-order valence-corrected chi connectivity index (χ2v) is 5.26. The van der Waals surface area contributed by atoms with E-state index >= 15 is 0 Å². The van der Waals surface area contributed by atoms with Gasteiger partial charge in [-0.25, -0.2) is 0 Å². The van der Waals surface area contributed by atoms with Crippen LogP contribution in [-0.4, -0.2) is 48.3 Å². The molecule has 0 aliphatic heterocycles. The molecule has 2 rings (SSSR count). The highest BCUT2D eigenvalue weighted by Gasteiger charge is 2.29. The molecule has 5 nitrogen and oxygen atoms in total. The molecule has 0 spiro atoms. The van der Waals surface area contributed by atoms with Gasteiger partial charge in [-0.15, -0.1) is 0 Å². The minimum Gasteiger partial charge on any atom is -0.494 e. The average molecular weight is 293 g/mol. The van der Waals surface area contributed by atoms with Crippen LogP contribution in [0.5, 0.6) is 11.5 Å². The fourth-order valence-electron chi connectivity index (χ4n) is 2.14. The number of carbonyl (C=O) groups is 1. The van der Waals surface area contributed by atoms with Crippen molar-refractivity contribution in [1.29, 1.82) is 0 Å². The van der Waals surface area contributed by atoms with Crippen LogP contribution in [0.25, 0.3) is 0 Å². The van der Waals surface area contributed by atoms with E-state index in [0.29, 0.717) is 25.8 Å². The zero-order valence-corrected chi connectivity index (χ0v) is 12.5. The van der Waals surface area contributed by atoms with Crippen molar-refractivity contribution < 1.29 is 19.4 Å². The van der Waals surface area contributed by atoms with E-state index in [4.69, 9.17) is 14.6 Å². The Morgan fingerprint density at radius 3 is 2.24 bits per heavy atom. The summed E-state index contributed by atoms with van der Waals surface area (Å²) >= 11 is 0. The largest absolute Gasteiger partial charge is 0.494 e. The molecule has 0 radical (unpaired) electrons. The summed E-state index contributed by atoms with van der Waals surface area (Å²) in [5.74, 6) is 0.846. The first-order valence-electron chi connectivity index (χ1n) is 7.50. The second-order valence-electron chi connectivity index (χ2n) is 5.26. The Balaban J connectivity index is 1.73. The summed E-state index contributed by atoms with van der Waals surface area (Å²) in [5.41, 5.74) is 0. The van der Waals surface area contributed by atoms with Crippen molar-refractivity contribution in [2.45, 2.75) is 32.2 Å². The molecule has 0 amide bonds. The van der Waals surface area contributed by atoms with E-state index < -0.39 is 5.97 Å². The predicted molar refractivity (Wildman–Crippen MR) is 80.0 cm³/mol. The van der Waals surface area contributed by atoms with Gasteiger partial charge in [-0.1, -0.05) is 6.92 Å². The molecular formula is C16H23NO4. The van der Waals surface area contributed by atoms with Crippen LogP contribution in [-0.2, 0) is 4.79 Å². The lowest BCUT2D eigenvalue weighted by Crippen LogP contribution is -2.35. The maximum Gasteiger partial charge on any atom is 0.317 e. The molecular weight excluding hydrogens is 270 g/mol. The molecule has 0 bridgehead atoms. The van der Waals surface area contributed by atoms with Crippen molar-refractivity contribution in [3.05, 3.63) is 24.3 Å². The molecule has 1 aliphatic carbocycles. The third-order valence-corrected chi connectivity index (χ3v) is 3.35. The Labute approximate surface area is 125 Å². The Morgan fingerprint density at radius 2 is 1.76 bits per heavy atom. The van der Waals surface area contributed by atoms with Crippen molar-refractivity contribution >= 4 is 5.97 Å². The van der Waals surface area contributed by atoms with E-state index in [1.165, 1.54) is 0 Å². The van der Waals surface area contributed by atoms with E-state index in [1.54, 1.807) is 0 Å². The molecule has 1 saturated carbocycles. The van der Waals surface area contributed by atoms with Crippen LogP contribution in [0.4, 0.5) is 0 Å². The van der Waals surface area contributed by atoms with Gasteiger partial charge in [-0.3, -0.25) is 9.69 Å². The van der Waals surface area contributed by atoms with Gasteiger partial charge in [0, 0.05) is 12.6 Å². The number of carboxylic acid groups (broad SMARTS) is 1. The lowest BCUT2D eigenvalue weighted by Gasteiger charge is -2.19. The zero-order valence-electron chi connectivity index (χ0n) is 12.5. The highest BCUT2D eigenvalue weighted by Crippen LogP contribution is 2.26. The van der Waals surface area contributed by atoms with Crippen LogP contribution in [0.3, 0.4) is 0 Å². The van der Waals surface area contributed by atoms with Gasteiger partial charge in [-0.05, 0) is 43.5 Å². The van der Waals surface area contributed by atoms with Gasteiger partial charge in [0.05, 0.1) is 13.2 Å². The Kier molecular flexibility index (Phi) is 5.87. The molecule has 21 heavy (non-hydrogen) atoms. The Hall–Kier alpha value is -1.75. The maximum atomic E-state index is 10.8. The van der Waals surface area contributed by atoms with Gasteiger partial charge in [0.15, 0.2) is 0 Å². The van der Waals surface area contributed by atoms with Crippen molar-refractivity contribution in [2.24, 2.45) is 0 Å². The van der Waals surface area contributed by atoms with Gasteiger partial charge in [0.2, 0.25) is 0 Å². The summed E-state index contributed by atoms with van der Waals surface area (Å²) in [6.07, 6.45) is 3.17. The number of rotatable bonds is 10. The highest BCUT2D eigenvalue weighted by molar-refractivity contribution is 5.69. The van der Waals surface area contributed by atoms with E-state index in [0.717, 1.165) is 30.8 Å². The molecule has 5 heteroatoms. The minimum absolute atomic E-state index is 0.0951. The SMILES string of the molecule is CCCOc1ccc(OCCN(CC(=O)O)C2CC2)cc1. The molecule has 1 aromatic carbocycles. The average Bonchev–Trinajstić information content (AvgIpc) is 3.29. The zero-order chi connectivity index (χ0) is 15.1. The standard InChI is InChI=1S/C16H23NO4/c1-2-10-20-14-5-7-15(8-6-14)21-11-9-17(12-16(18)19)13-3-4-13/h5-8,13H,2-4,9-12H2,1H3,(H,18,19). The van der Waals surface area contributed by atoms with Crippen molar-refractivity contribution in [2.75, 3.05) is 26.3 Å². The monoisotopic (exact) mass is 293 g/mol. The number of aliphatic carboxylic acids is 1.